The van der Waals surface area contributed by atoms with Crippen molar-refractivity contribution in [2.24, 2.45) is 5.73 Å². The summed E-state index contributed by atoms with van der Waals surface area (Å²) in [6.07, 6.45) is 0. The summed E-state index contributed by atoms with van der Waals surface area (Å²) in [6, 6.07) is 2.74. The van der Waals surface area contributed by atoms with Crippen molar-refractivity contribution in [3.8, 4) is 0 Å². The van der Waals surface area contributed by atoms with Gasteiger partial charge >= 0.3 is 5.97 Å². The molecule has 3 nitrogen and oxygen atoms in total. The van der Waals surface area contributed by atoms with Crippen LogP contribution in [0.15, 0.2) is 16.6 Å². The SMILES string of the molecule is COC(=O)c1cc(Br)cc(F)c1CN.Cl. The largest absolute Gasteiger partial charge is 0.465 e. The van der Waals surface area contributed by atoms with Crippen LogP contribution in [-0.2, 0) is 11.3 Å². The van der Waals surface area contributed by atoms with Crippen LogP contribution in [0.2, 0.25) is 0 Å². The maximum atomic E-state index is 13.3. The van der Waals surface area contributed by atoms with Gasteiger partial charge in [0.05, 0.1) is 12.7 Å². The molecule has 0 unspecified atom stereocenters. The van der Waals surface area contributed by atoms with Crippen LogP contribution in [0.4, 0.5) is 4.39 Å². The molecule has 1 aromatic carbocycles. The third-order valence-corrected chi connectivity index (χ3v) is 2.23. The quantitative estimate of drug-likeness (QED) is 0.852. The van der Waals surface area contributed by atoms with Crippen LogP contribution >= 0.6 is 28.3 Å². The highest BCUT2D eigenvalue weighted by molar-refractivity contribution is 9.10. The number of hydrogen-bond acceptors (Lipinski definition) is 3. The summed E-state index contributed by atoms with van der Waals surface area (Å²) in [6.45, 7) is -0.0381. The number of methoxy groups -OCH3 is 1. The summed E-state index contributed by atoms with van der Waals surface area (Å²) < 4.78 is 18.3. The van der Waals surface area contributed by atoms with E-state index in [1.165, 1.54) is 19.2 Å². The topological polar surface area (TPSA) is 52.3 Å². The average molecular weight is 299 g/mol. The summed E-state index contributed by atoms with van der Waals surface area (Å²) in [4.78, 5) is 11.2. The van der Waals surface area contributed by atoms with Crippen molar-refractivity contribution in [2.45, 2.75) is 6.54 Å². The van der Waals surface area contributed by atoms with Crippen molar-refractivity contribution < 1.29 is 13.9 Å². The molecule has 0 amide bonds. The van der Waals surface area contributed by atoms with Crippen molar-refractivity contribution in [3.63, 3.8) is 0 Å². The second-order valence-corrected chi connectivity index (χ2v) is 3.53. The third-order valence-electron chi connectivity index (χ3n) is 1.77. The predicted molar refractivity (Wildman–Crippen MR) is 60.6 cm³/mol. The van der Waals surface area contributed by atoms with E-state index in [2.05, 4.69) is 20.7 Å². The Morgan fingerprint density at radius 2 is 2.20 bits per heavy atom. The van der Waals surface area contributed by atoms with Crippen LogP contribution in [-0.4, -0.2) is 13.1 Å². The summed E-state index contributed by atoms with van der Waals surface area (Å²) in [7, 11) is 1.24. The molecule has 84 valence electrons. The molecule has 6 heteroatoms. The fourth-order valence-electron chi connectivity index (χ4n) is 1.10. The molecule has 0 bridgehead atoms. The number of rotatable bonds is 2. The predicted octanol–water partition coefficient (Wildman–Crippen LogP) is 2.26. The Hall–Kier alpha value is -0.650. The Morgan fingerprint density at radius 3 is 2.67 bits per heavy atom. The van der Waals surface area contributed by atoms with Crippen LogP contribution in [0.3, 0.4) is 0 Å². The van der Waals surface area contributed by atoms with E-state index < -0.39 is 11.8 Å². The normalized spacial score (nSPS) is 9.33. The zero-order chi connectivity index (χ0) is 10.7. The second kappa shape index (κ2) is 6.05. The van der Waals surface area contributed by atoms with Gasteiger partial charge in [0.25, 0.3) is 0 Å². The number of ether oxygens (including phenoxy) is 1. The molecule has 15 heavy (non-hydrogen) atoms. The molecule has 0 fully saturated rings. The van der Waals surface area contributed by atoms with Crippen molar-refractivity contribution in [3.05, 3.63) is 33.5 Å². The molecule has 2 N–H and O–H groups in total. The van der Waals surface area contributed by atoms with E-state index in [-0.39, 0.29) is 30.1 Å². The molecule has 0 saturated heterocycles. The molecule has 0 aliphatic heterocycles. The number of hydrogen-bond donors (Lipinski definition) is 1. The van der Waals surface area contributed by atoms with Gasteiger partial charge in [0.15, 0.2) is 0 Å². The Labute approximate surface area is 101 Å². The number of nitrogens with two attached hydrogens (primary N) is 1. The maximum absolute atomic E-state index is 13.3. The molecule has 0 saturated carbocycles. The van der Waals surface area contributed by atoms with Gasteiger partial charge in [0.2, 0.25) is 0 Å². The first-order valence-corrected chi connectivity index (χ1v) is 4.65. The Kier molecular flexibility index (Phi) is 5.79. The number of carbonyl (C=O) groups is 1. The van der Waals surface area contributed by atoms with Gasteiger partial charge in [-0.05, 0) is 12.1 Å². The highest BCUT2D eigenvalue weighted by atomic mass is 79.9. The van der Waals surface area contributed by atoms with Gasteiger partial charge in [0, 0.05) is 16.6 Å². The molecule has 0 heterocycles. The monoisotopic (exact) mass is 297 g/mol. The first kappa shape index (κ1) is 14.3. The number of benzene rings is 1. The molecule has 0 radical (unpaired) electrons. The molecule has 0 aliphatic carbocycles. The van der Waals surface area contributed by atoms with Gasteiger partial charge in [-0.3, -0.25) is 0 Å². The third kappa shape index (κ3) is 3.15. The maximum Gasteiger partial charge on any atom is 0.338 e. The van der Waals surface area contributed by atoms with Crippen LogP contribution < -0.4 is 5.73 Å². The van der Waals surface area contributed by atoms with Gasteiger partial charge in [-0.1, -0.05) is 15.9 Å². The molecule has 1 aromatic rings. The zero-order valence-corrected chi connectivity index (χ0v) is 10.3. The van der Waals surface area contributed by atoms with Crippen LogP contribution in [0, 0.1) is 5.82 Å². The van der Waals surface area contributed by atoms with E-state index in [9.17, 15) is 9.18 Å². The van der Waals surface area contributed by atoms with E-state index in [1.807, 2.05) is 0 Å². The lowest BCUT2D eigenvalue weighted by Gasteiger charge is -2.07. The van der Waals surface area contributed by atoms with E-state index in [4.69, 9.17) is 5.73 Å². The molecule has 1 rings (SSSR count). The van der Waals surface area contributed by atoms with Crippen LogP contribution in [0.1, 0.15) is 15.9 Å². The van der Waals surface area contributed by atoms with Crippen LogP contribution in [0.5, 0.6) is 0 Å². The Morgan fingerprint density at radius 1 is 1.60 bits per heavy atom. The van der Waals surface area contributed by atoms with Gasteiger partial charge in [0.1, 0.15) is 5.82 Å². The lowest BCUT2D eigenvalue weighted by molar-refractivity contribution is 0.0598. The molecular weight excluding hydrogens is 288 g/mol. The van der Waals surface area contributed by atoms with E-state index >= 15 is 0 Å². The van der Waals surface area contributed by atoms with Gasteiger partial charge in [-0.15, -0.1) is 12.4 Å². The minimum atomic E-state index is -0.592. The summed E-state index contributed by atoms with van der Waals surface area (Å²) in [5.41, 5.74) is 5.65. The van der Waals surface area contributed by atoms with Crippen molar-refractivity contribution in [1.29, 1.82) is 0 Å². The van der Waals surface area contributed by atoms with E-state index in [0.29, 0.717) is 4.47 Å². The summed E-state index contributed by atoms with van der Waals surface area (Å²) in [5.74, 6) is -1.10. The van der Waals surface area contributed by atoms with Crippen LogP contribution in [0.25, 0.3) is 0 Å². The summed E-state index contributed by atoms with van der Waals surface area (Å²) in [5, 5.41) is 0. The van der Waals surface area contributed by atoms with Gasteiger partial charge in [-0.2, -0.15) is 0 Å². The van der Waals surface area contributed by atoms with E-state index in [0.717, 1.165) is 0 Å². The van der Waals surface area contributed by atoms with Crippen molar-refractivity contribution in [1.82, 2.24) is 0 Å². The summed E-state index contributed by atoms with van der Waals surface area (Å²) >= 11 is 3.09. The molecular formula is C9H10BrClFNO2. The minimum absolute atomic E-state index is 0. The lowest BCUT2D eigenvalue weighted by Crippen LogP contribution is -2.11. The van der Waals surface area contributed by atoms with Gasteiger partial charge < -0.3 is 10.5 Å². The van der Waals surface area contributed by atoms with Crippen molar-refractivity contribution >= 4 is 34.3 Å². The fourth-order valence-corrected chi connectivity index (χ4v) is 1.53. The Bertz CT molecular complexity index is 373. The average Bonchev–Trinajstić information content (AvgIpc) is 2.15. The second-order valence-electron chi connectivity index (χ2n) is 2.61. The fraction of sp³-hybridized carbons (Fsp3) is 0.222. The molecule has 0 aliphatic rings. The minimum Gasteiger partial charge on any atom is -0.465 e. The highest BCUT2D eigenvalue weighted by Crippen LogP contribution is 2.20. The Balaban J connectivity index is 0.00000196. The first-order valence-electron chi connectivity index (χ1n) is 3.86. The number of halogens is 3. The van der Waals surface area contributed by atoms with E-state index in [1.54, 1.807) is 0 Å². The molecule has 0 aromatic heterocycles. The standard InChI is InChI=1S/C9H9BrFNO2.ClH/c1-14-9(13)6-2-5(10)3-8(11)7(6)4-12;/h2-3H,4,12H2,1H3;1H. The smallest absolute Gasteiger partial charge is 0.338 e. The number of esters is 1. The van der Waals surface area contributed by atoms with Gasteiger partial charge in [-0.25, -0.2) is 9.18 Å². The molecule has 0 spiro atoms. The number of carbonyl (C=O) groups excluding carboxylic acids is 1. The first-order chi connectivity index (χ1) is 6.60. The van der Waals surface area contributed by atoms with Crippen molar-refractivity contribution in [2.75, 3.05) is 7.11 Å². The zero-order valence-electron chi connectivity index (χ0n) is 7.92. The lowest BCUT2D eigenvalue weighted by atomic mass is 10.1. The highest BCUT2D eigenvalue weighted by Gasteiger charge is 2.15. The molecule has 0 atom stereocenters.